The highest BCUT2D eigenvalue weighted by Gasteiger charge is 2.29. The number of nitrogens with zero attached hydrogens (tertiary/aromatic N) is 1. The number of fused-ring (bicyclic) bond motifs is 1. The smallest absolute Gasteiger partial charge is 0.337 e. The second-order valence-electron chi connectivity index (χ2n) is 4.76. The fraction of sp³-hybridized carbons (Fsp3) is 0.286. The lowest BCUT2D eigenvalue weighted by molar-refractivity contribution is -0.155. The summed E-state index contributed by atoms with van der Waals surface area (Å²) in [4.78, 5) is 15.3. The summed E-state index contributed by atoms with van der Waals surface area (Å²) in [5, 5.41) is 22.5. The average Bonchev–Trinajstić information content (AvgIpc) is 2.35. The van der Waals surface area contributed by atoms with Gasteiger partial charge < -0.3 is 15.5 Å². The van der Waals surface area contributed by atoms with Gasteiger partial charge in [-0.05, 0) is 26.0 Å². The Hall–Kier alpha value is -2.14. The van der Waals surface area contributed by atoms with Crippen LogP contribution in [0, 0.1) is 6.92 Å². The number of aliphatic carboxylic acids is 1. The number of rotatable bonds is 4. The van der Waals surface area contributed by atoms with Crippen molar-refractivity contribution >= 4 is 22.6 Å². The lowest BCUT2D eigenvalue weighted by Gasteiger charge is -2.20. The SMILES string of the molecule is Cc1cc(NCC(C)(O)C(=O)O)c2ccccc2n1. The molecule has 1 aromatic heterocycles. The number of pyridine rings is 1. The monoisotopic (exact) mass is 260 g/mol. The summed E-state index contributed by atoms with van der Waals surface area (Å²) in [5.41, 5.74) is 0.624. The molecule has 0 radical (unpaired) electrons. The Labute approximate surface area is 110 Å². The first-order valence-corrected chi connectivity index (χ1v) is 5.96. The number of benzene rings is 1. The quantitative estimate of drug-likeness (QED) is 0.780. The summed E-state index contributed by atoms with van der Waals surface area (Å²) in [6.07, 6.45) is 0. The summed E-state index contributed by atoms with van der Waals surface area (Å²) < 4.78 is 0. The van der Waals surface area contributed by atoms with E-state index in [1.54, 1.807) is 0 Å². The Morgan fingerprint density at radius 1 is 1.42 bits per heavy atom. The Bertz CT molecular complexity index is 623. The molecule has 0 fully saturated rings. The molecule has 3 N–H and O–H groups in total. The van der Waals surface area contributed by atoms with Gasteiger partial charge in [-0.2, -0.15) is 0 Å². The zero-order chi connectivity index (χ0) is 14.0. The Morgan fingerprint density at radius 2 is 2.11 bits per heavy atom. The molecule has 0 aliphatic carbocycles. The van der Waals surface area contributed by atoms with Crippen molar-refractivity contribution in [1.29, 1.82) is 0 Å². The number of carboxylic acids is 1. The predicted octanol–water partition coefficient (Wildman–Crippen LogP) is 1.79. The van der Waals surface area contributed by atoms with Crippen LogP contribution in [-0.4, -0.2) is 33.3 Å². The van der Waals surface area contributed by atoms with Gasteiger partial charge in [0.15, 0.2) is 5.60 Å². The van der Waals surface area contributed by atoms with Gasteiger partial charge >= 0.3 is 5.97 Å². The van der Waals surface area contributed by atoms with E-state index in [0.29, 0.717) is 0 Å². The van der Waals surface area contributed by atoms with Crippen LogP contribution < -0.4 is 5.32 Å². The van der Waals surface area contributed by atoms with Crippen LogP contribution in [-0.2, 0) is 4.79 Å². The number of hydrogen-bond acceptors (Lipinski definition) is 4. The van der Waals surface area contributed by atoms with Crippen molar-refractivity contribution in [2.75, 3.05) is 11.9 Å². The lowest BCUT2D eigenvalue weighted by atomic mass is 10.1. The molecule has 0 bridgehead atoms. The summed E-state index contributed by atoms with van der Waals surface area (Å²) in [6, 6.07) is 9.41. The highest BCUT2D eigenvalue weighted by Crippen LogP contribution is 2.23. The van der Waals surface area contributed by atoms with Crippen molar-refractivity contribution in [3.05, 3.63) is 36.0 Å². The summed E-state index contributed by atoms with van der Waals surface area (Å²) in [7, 11) is 0. The van der Waals surface area contributed by atoms with E-state index in [0.717, 1.165) is 22.3 Å². The van der Waals surface area contributed by atoms with Crippen LogP contribution >= 0.6 is 0 Å². The van der Waals surface area contributed by atoms with E-state index < -0.39 is 11.6 Å². The molecule has 100 valence electrons. The second kappa shape index (κ2) is 4.85. The third-order valence-corrected chi connectivity index (χ3v) is 2.93. The molecule has 0 aliphatic rings. The lowest BCUT2D eigenvalue weighted by Crippen LogP contribution is -2.41. The number of carbonyl (C=O) groups is 1. The van der Waals surface area contributed by atoms with E-state index in [4.69, 9.17) is 5.11 Å². The fourth-order valence-electron chi connectivity index (χ4n) is 1.80. The Morgan fingerprint density at radius 3 is 2.79 bits per heavy atom. The normalized spacial score (nSPS) is 14.1. The molecule has 2 aromatic rings. The van der Waals surface area contributed by atoms with Crippen LogP contribution in [0.5, 0.6) is 0 Å². The highest BCUT2D eigenvalue weighted by molar-refractivity contribution is 5.91. The van der Waals surface area contributed by atoms with E-state index >= 15 is 0 Å². The molecule has 1 heterocycles. The number of hydrogen-bond donors (Lipinski definition) is 3. The maximum atomic E-state index is 10.9. The number of nitrogens with one attached hydrogen (secondary N) is 1. The first kappa shape index (κ1) is 13.3. The van der Waals surface area contributed by atoms with Crippen LogP contribution in [0.3, 0.4) is 0 Å². The molecule has 1 aromatic carbocycles. The highest BCUT2D eigenvalue weighted by atomic mass is 16.4. The Kier molecular flexibility index (Phi) is 3.40. The topological polar surface area (TPSA) is 82.5 Å². The molecule has 1 unspecified atom stereocenters. The van der Waals surface area contributed by atoms with Crippen molar-refractivity contribution in [1.82, 2.24) is 4.98 Å². The first-order chi connectivity index (χ1) is 8.90. The molecule has 5 nitrogen and oxygen atoms in total. The van der Waals surface area contributed by atoms with E-state index in [-0.39, 0.29) is 6.54 Å². The molecule has 19 heavy (non-hydrogen) atoms. The molecule has 0 amide bonds. The number of para-hydroxylation sites is 1. The standard InChI is InChI=1S/C14H16N2O3/c1-9-7-12(15-8-14(2,19)13(17)18)10-5-3-4-6-11(10)16-9/h3-7,19H,8H2,1-2H3,(H,15,16)(H,17,18). The van der Waals surface area contributed by atoms with Crippen LogP contribution in [0.25, 0.3) is 10.9 Å². The van der Waals surface area contributed by atoms with E-state index in [1.807, 2.05) is 37.3 Å². The number of carboxylic acid groups (broad SMARTS) is 1. The molecule has 0 saturated heterocycles. The largest absolute Gasteiger partial charge is 0.479 e. The summed E-state index contributed by atoms with van der Waals surface area (Å²) in [5.74, 6) is -1.25. The van der Waals surface area contributed by atoms with Crippen molar-refractivity contribution in [3.8, 4) is 0 Å². The van der Waals surface area contributed by atoms with E-state index in [2.05, 4.69) is 10.3 Å². The molecule has 0 saturated carbocycles. The Balaban J connectivity index is 2.33. The van der Waals surface area contributed by atoms with Crippen LogP contribution in [0.15, 0.2) is 30.3 Å². The summed E-state index contributed by atoms with van der Waals surface area (Å²) >= 11 is 0. The zero-order valence-electron chi connectivity index (χ0n) is 10.8. The van der Waals surface area contributed by atoms with Crippen LogP contribution in [0.4, 0.5) is 5.69 Å². The maximum Gasteiger partial charge on any atom is 0.337 e. The molecule has 2 rings (SSSR count). The molecule has 0 aliphatic heterocycles. The minimum absolute atomic E-state index is 0.0736. The molecular weight excluding hydrogens is 244 g/mol. The second-order valence-corrected chi connectivity index (χ2v) is 4.76. The first-order valence-electron chi connectivity index (χ1n) is 5.96. The average molecular weight is 260 g/mol. The van der Waals surface area contributed by atoms with Gasteiger partial charge in [-0.15, -0.1) is 0 Å². The number of aryl methyl sites for hydroxylation is 1. The van der Waals surface area contributed by atoms with Gasteiger partial charge in [0.05, 0.1) is 12.1 Å². The molecule has 0 spiro atoms. The summed E-state index contributed by atoms with van der Waals surface area (Å²) in [6.45, 7) is 3.06. The third-order valence-electron chi connectivity index (χ3n) is 2.93. The van der Waals surface area contributed by atoms with Gasteiger partial charge in [0, 0.05) is 16.8 Å². The van der Waals surface area contributed by atoms with Crippen molar-refractivity contribution in [2.45, 2.75) is 19.4 Å². The minimum atomic E-state index is -1.81. The fourth-order valence-corrected chi connectivity index (χ4v) is 1.80. The van der Waals surface area contributed by atoms with Crippen molar-refractivity contribution in [3.63, 3.8) is 0 Å². The maximum absolute atomic E-state index is 10.9. The van der Waals surface area contributed by atoms with E-state index in [1.165, 1.54) is 6.92 Å². The van der Waals surface area contributed by atoms with Crippen molar-refractivity contribution < 1.29 is 15.0 Å². The van der Waals surface area contributed by atoms with Gasteiger partial charge in [-0.3, -0.25) is 4.98 Å². The van der Waals surface area contributed by atoms with Crippen LogP contribution in [0.2, 0.25) is 0 Å². The van der Waals surface area contributed by atoms with Gasteiger partial charge in [-0.1, -0.05) is 18.2 Å². The van der Waals surface area contributed by atoms with Gasteiger partial charge in [0.25, 0.3) is 0 Å². The van der Waals surface area contributed by atoms with Crippen molar-refractivity contribution in [2.24, 2.45) is 0 Å². The predicted molar refractivity (Wildman–Crippen MR) is 73.2 cm³/mol. The number of aromatic nitrogens is 1. The molecule has 1 atom stereocenters. The molecular formula is C14H16N2O3. The van der Waals surface area contributed by atoms with Gasteiger partial charge in [0.2, 0.25) is 0 Å². The van der Waals surface area contributed by atoms with Gasteiger partial charge in [0.1, 0.15) is 0 Å². The third kappa shape index (κ3) is 2.82. The molecule has 5 heteroatoms. The van der Waals surface area contributed by atoms with E-state index in [9.17, 15) is 9.90 Å². The zero-order valence-corrected chi connectivity index (χ0v) is 10.8. The number of aliphatic hydroxyl groups is 1. The van der Waals surface area contributed by atoms with Crippen LogP contribution in [0.1, 0.15) is 12.6 Å². The van der Waals surface area contributed by atoms with Gasteiger partial charge in [-0.25, -0.2) is 4.79 Å². The minimum Gasteiger partial charge on any atom is -0.479 e. The number of anilines is 1.